The average Bonchev–Trinajstić information content (AvgIpc) is 2.85. The van der Waals surface area contributed by atoms with Crippen LogP contribution in [-0.4, -0.2) is 10.2 Å². The minimum atomic E-state index is -0.0717. The molecular weight excluding hydrogens is 308 g/mol. The average molecular weight is 317 g/mol. The summed E-state index contributed by atoms with van der Waals surface area (Å²) in [5.41, 5.74) is 1.08. The van der Waals surface area contributed by atoms with E-state index in [1.165, 1.54) is 22.7 Å². The van der Waals surface area contributed by atoms with Crippen LogP contribution >= 0.6 is 38.6 Å². The smallest absolute Gasteiger partial charge is 0.176 e. The number of hydrogen-bond donors (Lipinski definition) is 2. The Hall–Kier alpha value is -0.780. The fourth-order valence-electron chi connectivity index (χ4n) is 1.23. The number of aryl methyl sites for hydroxylation is 1. The first kappa shape index (κ1) is 11.7. The molecule has 84 valence electrons. The molecule has 2 aromatic heterocycles. The van der Waals surface area contributed by atoms with Crippen molar-refractivity contribution in [3.63, 3.8) is 0 Å². The first-order valence-electron chi connectivity index (χ1n) is 4.50. The largest absolute Gasteiger partial charge is 0.503 e. The molecule has 0 bridgehead atoms. The van der Waals surface area contributed by atoms with E-state index in [1.54, 1.807) is 6.07 Å². The van der Waals surface area contributed by atoms with Crippen molar-refractivity contribution in [2.24, 2.45) is 0 Å². The van der Waals surface area contributed by atoms with E-state index in [-0.39, 0.29) is 11.5 Å². The number of thiophene rings is 2. The lowest BCUT2D eigenvalue weighted by atomic mass is 10.2. The molecule has 0 unspecified atom stereocenters. The quantitative estimate of drug-likeness (QED) is 0.779. The summed E-state index contributed by atoms with van der Waals surface area (Å²) in [5, 5.41) is 23.6. The zero-order chi connectivity index (χ0) is 11.7. The molecule has 0 saturated heterocycles. The van der Waals surface area contributed by atoms with Crippen molar-refractivity contribution in [2.75, 3.05) is 0 Å². The molecule has 2 rings (SSSR count). The van der Waals surface area contributed by atoms with Crippen LogP contribution in [0.25, 0.3) is 11.5 Å². The van der Waals surface area contributed by atoms with Crippen molar-refractivity contribution in [1.29, 1.82) is 0 Å². The molecule has 2 nitrogen and oxygen atoms in total. The highest BCUT2D eigenvalue weighted by Crippen LogP contribution is 2.31. The SMILES string of the molecule is Cc1csc(/C(O)=C(\O)c2cc(Br)cs2)c1. The van der Waals surface area contributed by atoms with Gasteiger partial charge in [0.1, 0.15) is 0 Å². The van der Waals surface area contributed by atoms with Crippen molar-refractivity contribution in [3.05, 3.63) is 42.7 Å². The lowest BCUT2D eigenvalue weighted by molar-refractivity contribution is 0.462. The Morgan fingerprint density at radius 3 is 2.06 bits per heavy atom. The Morgan fingerprint density at radius 1 is 1.06 bits per heavy atom. The maximum Gasteiger partial charge on any atom is 0.176 e. The Kier molecular flexibility index (Phi) is 3.37. The highest BCUT2D eigenvalue weighted by Gasteiger charge is 2.12. The molecule has 0 aromatic carbocycles. The number of halogens is 1. The first-order valence-corrected chi connectivity index (χ1v) is 7.05. The van der Waals surface area contributed by atoms with Crippen LogP contribution in [0, 0.1) is 6.92 Å². The van der Waals surface area contributed by atoms with Gasteiger partial charge in [-0.1, -0.05) is 0 Å². The zero-order valence-electron chi connectivity index (χ0n) is 8.40. The summed E-state index contributed by atoms with van der Waals surface area (Å²) in [6, 6.07) is 3.62. The van der Waals surface area contributed by atoms with Gasteiger partial charge in [0.05, 0.1) is 9.75 Å². The van der Waals surface area contributed by atoms with Gasteiger partial charge in [-0.15, -0.1) is 22.7 Å². The van der Waals surface area contributed by atoms with Gasteiger partial charge in [-0.25, -0.2) is 0 Å². The van der Waals surface area contributed by atoms with Crippen LogP contribution < -0.4 is 0 Å². The van der Waals surface area contributed by atoms with E-state index in [0.29, 0.717) is 9.75 Å². The van der Waals surface area contributed by atoms with E-state index in [1.807, 2.05) is 23.8 Å². The van der Waals surface area contributed by atoms with Crippen molar-refractivity contribution in [1.82, 2.24) is 0 Å². The van der Waals surface area contributed by atoms with Crippen LogP contribution in [0.5, 0.6) is 0 Å². The molecule has 0 fully saturated rings. The number of aliphatic hydroxyl groups is 2. The van der Waals surface area contributed by atoms with Crippen molar-refractivity contribution in [2.45, 2.75) is 6.92 Å². The fraction of sp³-hybridized carbons (Fsp3) is 0.0909. The third kappa shape index (κ3) is 2.31. The summed E-state index contributed by atoms with van der Waals surface area (Å²) < 4.78 is 0.897. The Balaban J connectivity index is 2.41. The molecular formula is C11H9BrO2S2. The summed E-state index contributed by atoms with van der Waals surface area (Å²) >= 11 is 6.10. The van der Waals surface area contributed by atoms with Crippen molar-refractivity contribution < 1.29 is 10.2 Å². The molecule has 0 radical (unpaired) electrons. The maximum atomic E-state index is 9.90. The molecule has 16 heavy (non-hydrogen) atoms. The van der Waals surface area contributed by atoms with E-state index >= 15 is 0 Å². The van der Waals surface area contributed by atoms with Crippen LogP contribution in [0.4, 0.5) is 0 Å². The van der Waals surface area contributed by atoms with Crippen LogP contribution in [0.3, 0.4) is 0 Å². The van der Waals surface area contributed by atoms with Gasteiger partial charge in [0, 0.05) is 9.85 Å². The molecule has 0 atom stereocenters. The Morgan fingerprint density at radius 2 is 1.62 bits per heavy atom. The van der Waals surface area contributed by atoms with E-state index < -0.39 is 0 Å². The fourth-order valence-corrected chi connectivity index (χ4v) is 3.44. The normalized spacial score (nSPS) is 12.6. The topological polar surface area (TPSA) is 40.5 Å². The summed E-state index contributed by atoms with van der Waals surface area (Å²) in [5.74, 6) is -0.134. The maximum absolute atomic E-state index is 9.90. The van der Waals surface area contributed by atoms with Crippen molar-refractivity contribution >= 4 is 50.1 Å². The van der Waals surface area contributed by atoms with Gasteiger partial charge < -0.3 is 10.2 Å². The molecule has 2 aromatic rings. The van der Waals surface area contributed by atoms with E-state index in [9.17, 15) is 10.2 Å². The number of hydrogen-bond acceptors (Lipinski definition) is 4. The molecule has 0 aliphatic carbocycles. The predicted molar refractivity (Wildman–Crippen MR) is 73.1 cm³/mol. The van der Waals surface area contributed by atoms with Gasteiger partial charge in [-0.05, 0) is 45.9 Å². The zero-order valence-corrected chi connectivity index (χ0v) is 11.6. The molecule has 0 saturated carbocycles. The summed E-state index contributed by atoms with van der Waals surface area (Å²) in [4.78, 5) is 1.33. The first-order chi connectivity index (χ1) is 7.58. The predicted octanol–water partition coefficient (Wildman–Crippen LogP) is 4.82. The Labute approximate surface area is 110 Å². The Bertz CT molecular complexity index is 491. The monoisotopic (exact) mass is 316 g/mol. The van der Waals surface area contributed by atoms with E-state index in [2.05, 4.69) is 15.9 Å². The van der Waals surface area contributed by atoms with E-state index in [4.69, 9.17) is 0 Å². The number of rotatable bonds is 2. The van der Waals surface area contributed by atoms with Gasteiger partial charge in [0.25, 0.3) is 0 Å². The summed E-state index contributed by atoms with van der Waals surface area (Å²) in [6.07, 6.45) is 0. The standard InChI is InChI=1S/C11H9BrO2S2/c1-6-2-8(15-4-6)10(13)11(14)9-3-7(12)5-16-9/h2-5,13-14H,1H3/b11-10+. The molecule has 5 heteroatoms. The lowest BCUT2D eigenvalue weighted by Crippen LogP contribution is -1.85. The van der Waals surface area contributed by atoms with E-state index in [0.717, 1.165) is 10.0 Å². The van der Waals surface area contributed by atoms with Crippen LogP contribution in [0.2, 0.25) is 0 Å². The highest BCUT2D eigenvalue weighted by molar-refractivity contribution is 9.10. The molecule has 2 heterocycles. The van der Waals surface area contributed by atoms with Gasteiger partial charge in [0.2, 0.25) is 0 Å². The third-order valence-corrected chi connectivity index (χ3v) is 4.74. The van der Waals surface area contributed by atoms with Crippen LogP contribution in [0.15, 0.2) is 27.4 Å². The summed E-state index contributed by atoms with van der Waals surface area (Å²) in [6.45, 7) is 1.95. The van der Waals surface area contributed by atoms with Crippen LogP contribution in [0.1, 0.15) is 15.3 Å². The van der Waals surface area contributed by atoms with Gasteiger partial charge in [0.15, 0.2) is 11.5 Å². The lowest BCUT2D eigenvalue weighted by Gasteiger charge is -1.99. The van der Waals surface area contributed by atoms with Crippen molar-refractivity contribution in [3.8, 4) is 0 Å². The highest BCUT2D eigenvalue weighted by atomic mass is 79.9. The minimum absolute atomic E-state index is 0.0625. The number of aliphatic hydroxyl groups excluding tert-OH is 2. The second-order valence-corrected chi connectivity index (χ2v) is 6.05. The van der Waals surface area contributed by atoms with Gasteiger partial charge in [-0.2, -0.15) is 0 Å². The summed E-state index contributed by atoms with van der Waals surface area (Å²) in [7, 11) is 0. The van der Waals surface area contributed by atoms with Crippen LogP contribution in [-0.2, 0) is 0 Å². The minimum Gasteiger partial charge on any atom is -0.503 e. The molecule has 0 amide bonds. The second kappa shape index (κ2) is 4.61. The molecule has 0 aliphatic rings. The molecule has 2 N–H and O–H groups in total. The van der Waals surface area contributed by atoms with Gasteiger partial charge in [-0.3, -0.25) is 0 Å². The molecule has 0 aliphatic heterocycles. The second-order valence-electron chi connectivity index (χ2n) is 3.31. The van der Waals surface area contributed by atoms with Gasteiger partial charge >= 0.3 is 0 Å². The third-order valence-electron chi connectivity index (χ3n) is 1.99. The molecule has 0 spiro atoms.